The number of rotatable bonds is 6. The Morgan fingerprint density at radius 2 is 2.00 bits per heavy atom. The molecule has 1 fully saturated rings. The van der Waals surface area contributed by atoms with E-state index in [2.05, 4.69) is 5.32 Å². The molecule has 1 atom stereocenters. The van der Waals surface area contributed by atoms with Gasteiger partial charge in [0.15, 0.2) is 6.04 Å². The highest BCUT2D eigenvalue weighted by molar-refractivity contribution is 5.97. The first-order valence-corrected chi connectivity index (χ1v) is 8.39. The minimum Gasteiger partial charge on any atom is -0.469 e. The van der Waals surface area contributed by atoms with Crippen LogP contribution < -0.4 is 10.2 Å². The zero-order valence-corrected chi connectivity index (χ0v) is 14.5. The second kappa shape index (κ2) is 8.57. The van der Waals surface area contributed by atoms with E-state index in [9.17, 15) is 19.7 Å². The third-order valence-electron chi connectivity index (χ3n) is 4.51. The van der Waals surface area contributed by atoms with Crippen LogP contribution >= 0.6 is 0 Å². The number of ether oxygens (including phenoxy) is 1. The van der Waals surface area contributed by atoms with Gasteiger partial charge in [-0.05, 0) is 37.8 Å². The molecule has 1 saturated heterocycles. The van der Waals surface area contributed by atoms with Gasteiger partial charge in [0.1, 0.15) is 12.1 Å². The van der Waals surface area contributed by atoms with Crippen molar-refractivity contribution in [2.45, 2.75) is 38.6 Å². The van der Waals surface area contributed by atoms with Crippen molar-refractivity contribution in [3.05, 3.63) is 33.9 Å². The van der Waals surface area contributed by atoms with Gasteiger partial charge in [-0.2, -0.15) is 0 Å². The third-order valence-corrected chi connectivity index (χ3v) is 4.51. The molecule has 0 unspecified atom stereocenters. The van der Waals surface area contributed by atoms with E-state index in [1.807, 2.05) is 0 Å². The molecule has 1 aliphatic rings. The zero-order chi connectivity index (χ0) is 18.4. The highest BCUT2D eigenvalue weighted by Gasteiger charge is 2.34. The molecule has 0 spiro atoms. The zero-order valence-electron chi connectivity index (χ0n) is 14.5. The number of benzene rings is 1. The van der Waals surface area contributed by atoms with Crippen molar-refractivity contribution < 1.29 is 24.1 Å². The lowest BCUT2D eigenvalue weighted by atomic mass is 10.0. The Kier molecular flexibility index (Phi) is 6.46. The molecule has 1 aromatic rings. The number of hydrogen-bond donors (Lipinski definition) is 2. The van der Waals surface area contributed by atoms with Crippen LogP contribution in [0.3, 0.4) is 0 Å². The van der Waals surface area contributed by atoms with Crippen LogP contribution in [-0.2, 0) is 14.3 Å². The van der Waals surface area contributed by atoms with Crippen molar-refractivity contribution in [1.82, 2.24) is 0 Å². The van der Waals surface area contributed by atoms with Crippen molar-refractivity contribution in [2.24, 2.45) is 0 Å². The topological polar surface area (TPSA) is 103 Å². The van der Waals surface area contributed by atoms with Gasteiger partial charge in [-0.15, -0.1) is 0 Å². The number of quaternary nitrogens is 1. The number of hydrogen-bond acceptors (Lipinski definition) is 5. The molecule has 2 N–H and O–H groups in total. The average Bonchev–Trinajstić information content (AvgIpc) is 2.61. The molecule has 0 saturated carbocycles. The van der Waals surface area contributed by atoms with E-state index in [-0.39, 0.29) is 17.8 Å². The summed E-state index contributed by atoms with van der Waals surface area (Å²) in [4.78, 5) is 36.2. The van der Waals surface area contributed by atoms with Crippen molar-refractivity contribution in [3.8, 4) is 0 Å². The minimum atomic E-state index is -0.617. The minimum absolute atomic E-state index is 0.0443. The summed E-state index contributed by atoms with van der Waals surface area (Å²) in [5.41, 5.74) is 0.725. The maximum atomic E-state index is 12.8. The summed E-state index contributed by atoms with van der Waals surface area (Å²) in [6.45, 7) is 3.34. The van der Waals surface area contributed by atoms with Gasteiger partial charge in [0.2, 0.25) is 0 Å². The van der Waals surface area contributed by atoms with Crippen LogP contribution in [0.2, 0.25) is 0 Å². The molecule has 8 nitrogen and oxygen atoms in total. The Labute approximate surface area is 146 Å². The first-order valence-electron chi connectivity index (χ1n) is 8.39. The molecule has 136 valence electrons. The lowest BCUT2D eigenvalue weighted by Crippen LogP contribution is -3.17. The molecule has 0 aliphatic carbocycles. The second-order valence-corrected chi connectivity index (χ2v) is 6.32. The molecule has 8 heteroatoms. The van der Waals surface area contributed by atoms with E-state index in [1.54, 1.807) is 13.0 Å². The van der Waals surface area contributed by atoms with Crippen LogP contribution in [0, 0.1) is 17.0 Å². The molecule has 0 bridgehead atoms. The van der Waals surface area contributed by atoms with Crippen LogP contribution in [0.5, 0.6) is 0 Å². The molecule has 0 radical (unpaired) electrons. The number of aryl methyl sites for hydroxylation is 1. The van der Waals surface area contributed by atoms with Gasteiger partial charge >= 0.3 is 5.97 Å². The van der Waals surface area contributed by atoms with E-state index < -0.39 is 22.8 Å². The fourth-order valence-electron chi connectivity index (χ4n) is 3.15. The Morgan fingerprint density at radius 3 is 2.60 bits per heavy atom. The van der Waals surface area contributed by atoms with Crippen molar-refractivity contribution in [3.63, 3.8) is 0 Å². The van der Waals surface area contributed by atoms with E-state index >= 15 is 0 Å². The number of esters is 1. The van der Waals surface area contributed by atoms with Crippen molar-refractivity contribution >= 4 is 23.3 Å². The maximum Gasteiger partial charge on any atom is 0.312 e. The molecule has 1 aromatic carbocycles. The van der Waals surface area contributed by atoms with E-state index in [1.165, 1.54) is 19.2 Å². The molecule has 2 rings (SSSR count). The highest BCUT2D eigenvalue weighted by Crippen LogP contribution is 2.25. The number of piperidine rings is 1. The first kappa shape index (κ1) is 18.9. The summed E-state index contributed by atoms with van der Waals surface area (Å²) >= 11 is 0. The number of nitro benzene ring substituents is 1. The van der Waals surface area contributed by atoms with Crippen LogP contribution in [0.4, 0.5) is 11.4 Å². The van der Waals surface area contributed by atoms with Crippen LogP contribution in [0.25, 0.3) is 0 Å². The van der Waals surface area contributed by atoms with Gasteiger partial charge in [0.05, 0.1) is 25.1 Å². The quantitative estimate of drug-likeness (QED) is 0.450. The summed E-state index contributed by atoms with van der Waals surface area (Å²) in [6.07, 6.45) is 3.05. The predicted molar refractivity (Wildman–Crippen MR) is 91.4 cm³/mol. The van der Waals surface area contributed by atoms with Gasteiger partial charge in [-0.1, -0.05) is 6.07 Å². The Hall–Kier alpha value is -2.48. The van der Waals surface area contributed by atoms with E-state index in [0.717, 1.165) is 42.8 Å². The maximum absolute atomic E-state index is 12.8. The average molecular weight is 350 g/mol. The normalized spacial score (nSPS) is 16.1. The monoisotopic (exact) mass is 350 g/mol. The predicted octanol–water partition coefficient (Wildman–Crippen LogP) is 0.842. The van der Waals surface area contributed by atoms with Gasteiger partial charge in [0, 0.05) is 6.07 Å². The summed E-state index contributed by atoms with van der Waals surface area (Å²) in [5, 5.41) is 13.9. The molecule has 1 aliphatic heterocycles. The number of nitro groups is 1. The van der Waals surface area contributed by atoms with E-state index in [0.29, 0.717) is 0 Å². The molecule has 25 heavy (non-hydrogen) atoms. The Balaban J connectivity index is 2.21. The number of likely N-dealkylation sites (tertiary alicyclic amines) is 1. The number of nitrogens with zero attached hydrogens (tertiary/aromatic N) is 1. The number of methoxy groups -OCH3 is 1. The van der Waals surface area contributed by atoms with Crippen LogP contribution in [0.1, 0.15) is 31.2 Å². The highest BCUT2D eigenvalue weighted by atomic mass is 16.6. The molecule has 1 heterocycles. The fourth-order valence-corrected chi connectivity index (χ4v) is 3.15. The number of anilines is 1. The summed E-state index contributed by atoms with van der Waals surface area (Å²) in [6, 6.07) is 4.02. The SMILES string of the molecule is COC(=O)C[C@H](C(=O)Nc1ccc(C)cc1[N+](=O)[O-])[NH+]1CCCCC1. The molecular formula is C17H24N3O5+. The van der Waals surface area contributed by atoms with Crippen LogP contribution in [0.15, 0.2) is 18.2 Å². The van der Waals surface area contributed by atoms with Crippen molar-refractivity contribution in [2.75, 3.05) is 25.5 Å². The smallest absolute Gasteiger partial charge is 0.312 e. The first-order chi connectivity index (χ1) is 11.9. The number of nitrogens with one attached hydrogen (secondary N) is 2. The number of amides is 1. The standard InChI is InChI=1S/C17H23N3O5/c1-12-6-7-13(14(10-12)20(23)24)18-17(22)15(11-16(21)25-2)19-8-4-3-5-9-19/h6-7,10,15H,3-5,8-9,11H2,1-2H3,(H,18,22)/p+1/t15-/m1/s1. The molecule has 1 amide bonds. The number of carbonyl (C=O) groups is 2. The van der Waals surface area contributed by atoms with Crippen LogP contribution in [-0.4, -0.2) is 43.0 Å². The lowest BCUT2D eigenvalue weighted by molar-refractivity contribution is -0.920. The molecular weight excluding hydrogens is 326 g/mol. The fraction of sp³-hybridized carbons (Fsp3) is 0.529. The van der Waals surface area contributed by atoms with Gasteiger partial charge in [0.25, 0.3) is 11.6 Å². The summed E-state index contributed by atoms with van der Waals surface area (Å²) in [5.74, 6) is -0.856. The molecule has 0 aromatic heterocycles. The van der Waals surface area contributed by atoms with Gasteiger partial charge in [-0.25, -0.2) is 0 Å². The van der Waals surface area contributed by atoms with E-state index in [4.69, 9.17) is 4.74 Å². The second-order valence-electron chi connectivity index (χ2n) is 6.32. The van der Waals surface area contributed by atoms with Gasteiger partial charge < -0.3 is 15.0 Å². The van der Waals surface area contributed by atoms with Gasteiger partial charge in [-0.3, -0.25) is 19.7 Å². The Morgan fingerprint density at radius 1 is 1.32 bits per heavy atom. The van der Waals surface area contributed by atoms with Crippen molar-refractivity contribution in [1.29, 1.82) is 0 Å². The Bertz CT molecular complexity index is 656. The largest absolute Gasteiger partial charge is 0.469 e. The number of carbonyl (C=O) groups excluding carboxylic acids is 2. The summed E-state index contributed by atoms with van der Waals surface area (Å²) in [7, 11) is 1.29. The lowest BCUT2D eigenvalue weighted by Gasteiger charge is -2.30. The third kappa shape index (κ3) is 4.99. The summed E-state index contributed by atoms with van der Waals surface area (Å²) < 4.78 is 4.71.